The number of benzene rings is 1. The maximum absolute atomic E-state index is 6.14. The van der Waals surface area contributed by atoms with E-state index in [1.807, 2.05) is 18.7 Å². The van der Waals surface area contributed by atoms with Gasteiger partial charge in [0, 0.05) is 32.7 Å². The van der Waals surface area contributed by atoms with Crippen molar-refractivity contribution >= 4 is 28.8 Å². The third kappa shape index (κ3) is 1.95. The average Bonchev–Trinajstić information content (AvgIpc) is 2.73. The molecule has 2 heterocycles. The molecule has 0 saturated heterocycles. The molecule has 0 radical (unpaired) electrons. The number of para-hydroxylation sites is 2. The molecular formula is C15H19ClN4. The summed E-state index contributed by atoms with van der Waals surface area (Å²) >= 11 is 6.14. The van der Waals surface area contributed by atoms with E-state index in [9.17, 15) is 0 Å². The van der Waals surface area contributed by atoms with Crippen LogP contribution in [-0.4, -0.2) is 29.9 Å². The monoisotopic (exact) mass is 290 g/mol. The molecular weight excluding hydrogens is 272 g/mol. The highest BCUT2D eigenvalue weighted by Gasteiger charge is 2.26. The summed E-state index contributed by atoms with van der Waals surface area (Å²) in [6.07, 6.45) is 0. The fourth-order valence-electron chi connectivity index (χ4n) is 2.91. The van der Waals surface area contributed by atoms with Crippen LogP contribution in [0.1, 0.15) is 11.3 Å². The first-order valence-electron chi connectivity index (χ1n) is 6.79. The molecule has 0 unspecified atom stereocenters. The fourth-order valence-corrected chi connectivity index (χ4v) is 3.22. The van der Waals surface area contributed by atoms with Gasteiger partial charge in [0.1, 0.15) is 5.82 Å². The van der Waals surface area contributed by atoms with Gasteiger partial charge in [0.25, 0.3) is 0 Å². The van der Waals surface area contributed by atoms with Crippen LogP contribution >= 0.6 is 11.6 Å². The van der Waals surface area contributed by atoms with Crippen molar-refractivity contribution in [1.29, 1.82) is 0 Å². The van der Waals surface area contributed by atoms with Gasteiger partial charge in [-0.3, -0.25) is 4.68 Å². The minimum absolute atomic E-state index is 0.490. The maximum atomic E-state index is 6.14. The second kappa shape index (κ2) is 5.02. The highest BCUT2D eigenvalue weighted by atomic mass is 35.5. The molecule has 20 heavy (non-hydrogen) atoms. The molecule has 0 spiro atoms. The summed E-state index contributed by atoms with van der Waals surface area (Å²) in [5, 5.41) is 4.53. The second-order valence-corrected chi connectivity index (χ2v) is 5.47. The number of hydrogen-bond donors (Lipinski definition) is 0. The van der Waals surface area contributed by atoms with Crippen LogP contribution in [0.25, 0.3) is 0 Å². The summed E-state index contributed by atoms with van der Waals surface area (Å²) < 4.78 is 1.94. The van der Waals surface area contributed by atoms with Crippen molar-refractivity contribution in [2.45, 2.75) is 12.8 Å². The quantitative estimate of drug-likeness (QED) is 0.795. The SMILES string of the molecule is Cc1nn(C)c(N2CCN(C)c3ccccc32)c1CCl. The molecule has 2 aromatic rings. The van der Waals surface area contributed by atoms with E-state index in [-0.39, 0.29) is 0 Å². The van der Waals surface area contributed by atoms with Crippen LogP contribution in [0, 0.1) is 6.92 Å². The van der Waals surface area contributed by atoms with Gasteiger partial charge in [0.05, 0.1) is 22.9 Å². The van der Waals surface area contributed by atoms with Crippen molar-refractivity contribution < 1.29 is 0 Å². The zero-order valence-electron chi connectivity index (χ0n) is 12.1. The summed E-state index contributed by atoms with van der Waals surface area (Å²) in [5.74, 6) is 1.60. The number of nitrogens with zero attached hydrogens (tertiary/aromatic N) is 4. The average molecular weight is 291 g/mol. The van der Waals surface area contributed by atoms with E-state index in [0.717, 1.165) is 30.2 Å². The number of rotatable bonds is 2. The van der Waals surface area contributed by atoms with Crippen molar-refractivity contribution in [3.05, 3.63) is 35.5 Å². The number of aromatic nitrogens is 2. The van der Waals surface area contributed by atoms with Crippen molar-refractivity contribution in [3.63, 3.8) is 0 Å². The number of fused-ring (bicyclic) bond motifs is 1. The summed E-state index contributed by atoms with van der Waals surface area (Å²) in [7, 11) is 4.12. The lowest BCUT2D eigenvalue weighted by atomic mass is 10.1. The first kappa shape index (κ1) is 13.3. The molecule has 1 aromatic carbocycles. The summed E-state index contributed by atoms with van der Waals surface area (Å²) in [6.45, 7) is 3.95. The molecule has 1 aromatic heterocycles. The molecule has 0 bridgehead atoms. The molecule has 5 heteroatoms. The second-order valence-electron chi connectivity index (χ2n) is 5.21. The van der Waals surface area contributed by atoms with Gasteiger partial charge in [0.2, 0.25) is 0 Å². The smallest absolute Gasteiger partial charge is 0.135 e. The third-order valence-electron chi connectivity index (χ3n) is 3.95. The van der Waals surface area contributed by atoms with Crippen LogP contribution in [-0.2, 0) is 12.9 Å². The summed E-state index contributed by atoms with van der Waals surface area (Å²) in [4.78, 5) is 4.61. The van der Waals surface area contributed by atoms with Gasteiger partial charge in [0.15, 0.2) is 0 Å². The predicted octanol–water partition coefficient (Wildman–Crippen LogP) is 3.06. The molecule has 1 aliphatic heterocycles. The Labute approximate surface area is 124 Å². The van der Waals surface area contributed by atoms with E-state index < -0.39 is 0 Å². The molecule has 1 aliphatic rings. The normalized spacial score (nSPS) is 14.6. The van der Waals surface area contributed by atoms with Crippen molar-refractivity contribution in [2.75, 3.05) is 29.9 Å². The largest absolute Gasteiger partial charge is 0.371 e. The third-order valence-corrected chi connectivity index (χ3v) is 4.21. The van der Waals surface area contributed by atoms with Crippen LogP contribution in [0.5, 0.6) is 0 Å². The molecule has 0 N–H and O–H groups in total. The zero-order valence-corrected chi connectivity index (χ0v) is 12.9. The molecule has 106 valence electrons. The molecule has 0 aliphatic carbocycles. The van der Waals surface area contributed by atoms with Crippen LogP contribution in [0.3, 0.4) is 0 Å². The lowest BCUT2D eigenvalue weighted by Crippen LogP contribution is -2.37. The zero-order chi connectivity index (χ0) is 14.3. The van der Waals surface area contributed by atoms with Crippen LogP contribution in [0.4, 0.5) is 17.2 Å². The Kier molecular flexibility index (Phi) is 3.34. The Morgan fingerprint density at radius 2 is 1.85 bits per heavy atom. The molecule has 4 nitrogen and oxygen atoms in total. The van der Waals surface area contributed by atoms with E-state index in [0.29, 0.717) is 5.88 Å². The van der Waals surface area contributed by atoms with Gasteiger partial charge in [-0.15, -0.1) is 11.6 Å². The number of likely N-dealkylation sites (N-methyl/N-ethyl adjacent to an activating group) is 1. The molecule has 0 saturated carbocycles. The first-order valence-corrected chi connectivity index (χ1v) is 7.33. The van der Waals surface area contributed by atoms with Gasteiger partial charge in [-0.25, -0.2) is 0 Å². The highest BCUT2D eigenvalue weighted by molar-refractivity contribution is 6.17. The van der Waals surface area contributed by atoms with Crippen molar-refractivity contribution in [2.24, 2.45) is 7.05 Å². The van der Waals surface area contributed by atoms with E-state index in [2.05, 4.69) is 46.2 Å². The van der Waals surface area contributed by atoms with Gasteiger partial charge < -0.3 is 9.80 Å². The minimum atomic E-state index is 0.490. The molecule has 0 fully saturated rings. The lowest BCUT2D eigenvalue weighted by molar-refractivity contribution is 0.723. The summed E-state index contributed by atoms with van der Waals surface area (Å²) in [6, 6.07) is 8.47. The Morgan fingerprint density at radius 3 is 2.55 bits per heavy atom. The van der Waals surface area contributed by atoms with Gasteiger partial charge in [-0.05, 0) is 19.1 Å². The van der Waals surface area contributed by atoms with Gasteiger partial charge >= 0.3 is 0 Å². The van der Waals surface area contributed by atoms with Crippen molar-refractivity contribution in [1.82, 2.24) is 9.78 Å². The Morgan fingerprint density at radius 1 is 1.15 bits per heavy atom. The molecule has 0 amide bonds. The van der Waals surface area contributed by atoms with Crippen LogP contribution in [0.2, 0.25) is 0 Å². The van der Waals surface area contributed by atoms with Crippen LogP contribution in [0.15, 0.2) is 24.3 Å². The number of anilines is 3. The number of aryl methyl sites for hydroxylation is 2. The topological polar surface area (TPSA) is 24.3 Å². The molecule has 3 rings (SSSR count). The van der Waals surface area contributed by atoms with E-state index in [4.69, 9.17) is 11.6 Å². The number of alkyl halides is 1. The minimum Gasteiger partial charge on any atom is -0.371 e. The van der Waals surface area contributed by atoms with E-state index >= 15 is 0 Å². The highest BCUT2D eigenvalue weighted by Crippen LogP contribution is 2.38. The molecule has 0 atom stereocenters. The van der Waals surface area contributed by atoms with E-state index in [1.54, 1.807) is 0 Å². The number of hydrogen-bond acceptors (Lipinski definition) is 3. The Bertz CT molecular complexity index is 635. The lowest BCUT2D eigenvalue weighted by Gasteiger charge is -2.37. The first-order chi connectivity index (χ1) is 9.63. The van der Waals surface area contributed by atoms with E-state index in [1.165, 1.54) is 11.4 Å². The fraction of sp³-hybridized carbons (Fsp3) is 0.400. The standard InChI is InChI=1S/C15H19ClN4/c1-11-12(10-16)15(19(3)17-11)20-9-8-18(2)13-6-4-5-7-14(13)20/h4-7H,8-10H2,1-3H3. The maximum Gasteiger partial charge on any atom is 0.135 e. The Balaban J connectivity index is 2.15. The van der Waals surface area contributed by atoms with Crippen molar-refractivity contribution in [3.8, 4) is 0 Å². The summed E-state index contributed by atoms with van der Waals surface area (Å²) in [5.41, 5.74) is 4.59. The van der Waals surface area contributed by atoms with Gasteiger partial charge in [-0.1, -0.05) is 12.1 Å². The number of halogens is 1. The Hall–Kier alpha value is -1.68. The van der Waals surface area contributed by atoms with Crippen LogP contribution < -0.4 is 9.80 Å². The van der Waals surface area contributed by atoms with Gasteiger partial charge in [-0.2, -0.15) is 5.10 Å². The predicted molar refractivity (Wildman–Crippen MR) is 84.2 cm³/mol.